The van der Waals surface area contributed by atoms with Crippen LogP contribution in [0.5, 0.6) is 0 Å². The molecule has 1 aliphatic rings. The van der Waals surface area contributed by atoms with Crippen molar-refractivity contribution in [2.75, 3.05) is 144 Å². The summed E-state index contributed by atoms with van der Waals surface area (Å²) in [5.41, 5.74) is 0. The maximum Gasteiger partial charge on any atom is 0.317 e. The molecule has 328 valence electrons. The Bertz CT molecular complexity index is 1240. The van der Waals surface area contributed by atoms with E-state index < -0.39 is 125 Å². The summed E-state index contributed by atoms with van der Waals surface area (Å²) in [6.07, 6.45) is 0. The Morgan fingerprint density at radius 1 is 0.328 bits per heavy atom. The molecule has 26 nitrogen and oxygen atoms in total. The number of amides is 4. The third-order valence-electron chi connectivity index (χ3n) is 8.09. The first-order valence-corrected chi connectivity index (χ1v) is 18.0. The van der Waals surface area contributed by atoms with E-state index in [-0.39, 0.29) is 78.5 Å². The Balaban J connectivity index is 3.23. The van der Waals surface area contributed by atoms with Crippen LogP contribution in [0.1, 0.15) is 0 Å². The van der Waals surface area contributed by atoms with Crippen LogP contribution < -0.4 is 21.3 Å². The summed E-state index contributed by atoms with van der Waals surface area (Å²) in [6, 6.07) is 0. The van der Waals surface area contributed by atoms with Crippen molar-refractivity contribution in [2.24, 2.45) is 0 Å². The van der Waals surface area contributed by atoms with E-state index in [1.807, 2.05) is 0 Å². The van der Waals surface area contributed by atoms with Crippen molar-refractivity contribution in [1.82, 2.24) is 50.7 Å². The summed E-state index contributed by atoms with van der Waals surface area (Å²) in [5, 5.41) is 66.5. The molecule has 0 aliphatic carbocycles. The van der Waals surface area contributed by atoms with Gasteiger partial charge in [0.2, 0.25) is 23.6 Å². The van der Waals surface area contributed by atoms with Gasteiger partial charge < -0.3 is 51.9 Å². The molecule has 4 amide bonds. The molecule has 0 aromatic carbocycles. The Morgan fingerprint density at radius 2 is 0.483 bits per heavy atom. The van der Waals surface area contributed by atoms with E-state index in [1.54, 1.807) is 0 Å². The molecule has 0 aromatic heterocycles. The molecular formula is C32H54N10O16. The number of hydrogen-bond donors (Lipinski definition) is 10. The van der Waals surface area contributed by atoms with Crippen molar-refractivity contribution >= 4 is 59.4 Å². The molecule has 1 fully saturated rings. The van der Waals surface area contributed by atoms with Crippen LogP contribution in [0, 0.1) is 0 Å². The van der Waals surface area contributed by atoms with Gasteiger partial charge in [0, 0.05) is 78.5 Å². The van der Waals surface area contributed by atoms with Crippen LogP contribution in [-0.4, -0.2) is 263 Å². The van der Waals surface area contributed by atoms with E-state index in [2.05, 4.69) is 21.3 Å². The van der Waals surface area contributed by atoms with Crippen molar-refractivity contribution in [2.45, 2.75) is 0 Å². The van der Waals surface area contributed by atoms with Gasteiger partial charge in [-0.15, -0.1) is 0 Å². The second kappa shape index (κ2) is 28.0. The first kappa shape index (κ1) is 50.5. The number of carbonyl (C=O) groups is 10. The quantitative estimate of drug-likeness (QED) is 0.0873. The molecule has 0 atom stereocenters. The lowest BCUT2D eigenvalue weighted by Gasteiger charge is -2.28. The minimum atomic E-state index is -1.28. The number of hydrogen-bond acceptors (Lipinski definition) is 16. The van der Waals surface area contributed by atoms with E-state index in [4.69, 9.17) is 0 Å². The van der Waals surface area contributed by atoms with Crippen molar-refractivity contribution < 1.29 is 78.6 Å². The largest absolute Gasteiger partial charge is 0.480 e. The molecule has 0 saturated carbocycles. The molecule has 1 rings (SSSR count). The highest BCUT2D eigenvalue weighted by atomic mass is 16.4. The van der Waals surface area contributed by atoms with Gasteiger partial charge in [-0.05, 0) is 0 Å². The van der Waals surface area contributed by atoms with Gasteiger partial charge in [0.05, 0.1) is 65.4 Å². The summed E-state index contributed by atoms with van der Waals surface area (Å²) in [6.45, 7) is -6.32. The van der Waals surface area contributed by atoms with Crippen molar-refractivity contribution in [3.05, 3.63) is 0 Å². The predicted octanol–water partition coefficient (Wildman–Crippen LogP) is -7.22. The Morgan fingerprint density at radius 3 is 0.655 bits per heavy atom. The third kappa shape index (κ3) is 26.3. The van der Waals surface area contributed by atoms with Gasteiger partial charge in [0.1, 0.15) is 0 Å². The normalized spacial score (nSPS) is 19.4. The number of carbonyl (C=O) groups excluding carboxylic acids is 4. The number of aliphatic carboxylic acids is 6. The van der Waals surface area contributed by atoms with Crippen LogP contribution in [0.4, 0.5) is 0 Å². The van der Waals surface area contributed by atoms with E-state index in [0.29, 0.717) is 0 Å². The molecule has 1 heterocycles. The van der Waals surface area contributed by atoms with E-state index in [1.165, 1.54) is 29.4 Å². The highest BCUT2D eigenvalue weighted by Gasteiger charge is 2.22. The van der Waals surface area contributed by atoms with Crippen molar-refractivity contribution in [3.63, 3.8) is 0 Å². The van der Waals surface area contributed by atoms with Crippen LogP contribution in [-0.2, 0) is 47.9 Å². The second-order valence-corrected chi connectivity index (χ2v) is 13.2. The van der Waals surface area contributed by atoms with Crippen molar-refractivity contribution in [1.29, 1.82) is 0 Å². The number of rotatable bonds is 12. The first-order valence-electron chi connectivity index (χ1n) is 18.0. The maximum absolute atomic E-state index is 12.7. The fraction of sp³-hybridized carbons (Fsp3) is 0.688. The lowest BCUT2D eigenvalue weighted by atomic mass is 10.3. The monoisotopic (exact) mass is 834 g/mol. The number of nitrogens with zero attached hydrogens (tertiary/aromatic N) is 6. The Labute approximate surface area is 332 Å². The summed E-state index contributed by atoms with van der Waals surface area (Å²) >= 11 is 0. The maximum atomic E-state index is 12.7. The van der Waals surface area contributed by atoms with Gasteiger partial charge in [-0.2, -0.15) is 0 Å². The average Bonchev–Trinajstić information content (AvgIpc) is 3.08. The van der Waals surface area contributed by atoms with Gasteiger partial charge >= 0.3 is 35.8 Å². The molecule has 0 aromatic rings. The highest BCUT2D eigenvalue weighted by molar-refractivity contribution is 5.81. The molecule has 26 heteroatoms. The predicted molar refractivity (Wildman–Crippen MR) is 196 cm³/mol. The Hall–Kier alpha value is -5.54. The second-order valence-electron chi connectivity index (χ2n) is 13.2. The number of nitrogens with one attached hydrogen (secondary N) is 4. The summed E-state index contributed by atoms with van der Waals surface area (Å²) in [7, 11) is 0. The molecule has 0 radical (unpaired) electrons. The lowest BCUT2D eigenvalue weighted by Crippen LogP contribution is -2.49. The zero-order chi connectivity index (χ0) is 43.6. The van der Waals surface area contributed by atoms with Gasteiger partial charge in [-0.1, -0.05) is 0 Å². The number of carboxylic acids is 6. The van der Waals surface area contributed by atoms with Crippen LogP contribution in [0.2, 0.25) is 0 Å². The molecule has 1 aliphatic heterocycles. The van der Waals surface area contributed by atoms with E-state index in [0.717, 1.165) is 0 Å². The standard InChI is InChI=1S/C32H54N10O16/c43-23-13-39(19-29(51)52)9-5-37(17-27(47)48)7-11-41(21-31(55)56)15-25(45)35-3-4-36-26(46)16-42(22-32(57)58)12-8-38(18-28(49)50)6-10-40(20-30(53)54)14-24(44)34-2-1-33-23/h1-22H2,(H,33,43)(H,34,44)(H,35,45)(H,36,46)(H,47,48)(H,49,50)(H,51,52)(H,53,54)(H,55,56)(H,57,58). The minimum absolute atomic E-state index is 0.0689. The Kier molecular flexibility index (Phi) is 24.3. The highest BCUT2D eigenvalue weighted by Crippen LogP contribution is 1.99. The molecule has 1 saturated heterocycles. The smallest absolute Gasteiger partial charge is 0.317 e. The third-order valence-corrected chi connectivity index (χ3v) is 8.09. The van der Waals surface area contributed by atoms with Gasteiger partial charge in [0.15, 0.2) is 0 Å². The molecule has 10 N–H and O–H groups in total. The SMILES string of the molecule is O=C(O)CN1CCN(CC(=O)O)CC(=O)NCCNC(=O)CN(CC(=O)O)CCN(CC(=O)O)CCN(CC(=O)O)CC(=O)NCCNC(=O)CN(CC(=O)O)CC1. The topological polar surface area (TPSA) is 360 Å². The fourth-order valence-electron chi connectivity index (χ4n) is 5.52. The van der Waals surface area contributed by atoms with E-state index in [9.17, 15) is 78.6 Å². The van der Waals surface area contributed by atoms with Gasteiger partial charge in [-0.25, -0.2) is 0 Å². The first-order chi connectivity index (χ1) is 27.3. The van der Waals surface area contributed by atoms with Crippen LogP contribution in [0.3, 0.4) is 0 Å². The van der Waals surface area contributed by atoms with E-state index >= 15 is 0 Å². The molecular weight excluding hydrogens is 780 g/mol. The van der Waals surface area contributed by atoms with Gasteiger partial charge in [0.25, 0.3) is 0 Å². The molecule has 0 bridgehead atoms. The fourth-order valence-corrected chi connectivity index (χ4v) is 5.52. The summed E-state index contributed by atoms with van der Waals surface area (Å²) < 4.78 is 0. The molecule has 0 unspecified atom stereocenters. The zero-order valence-electron chi connectivity index (χ0n) is 32.0. The number of carboxylic acid groups (broad SMARTS) is 6. The molecule has 0 spiro atoms. The van der Waals surface area contributed by atoms with Crippen molar-refractivity contribution in [3.8, 4) is 0 Å². The van der Waals surface area contributed by atoms with Crippen LogP contribution in [0.25, 0.3) is 0 Å². The summed E-state index contributed by atoms with van der Waals surface area (Å²) in [4.78, 5) is 128. The average molecular weight is 835 g/mol. The molecule has 58 heavy (non-hydrogen) atoms. The van der Waals surface area contributed by atoms with Crippen LogP contribution >= 0.6 is 0 Å². The minimum Gasteiger partial charge on any atom is -0.480 e. The zero-order valence-corrected chi connectivity index (χ0v) is 32.0. The van der Waals surface area contributed by atoms with Crippen LogP contribution in [0.15, 0.2) is 0 Å². The summed E-state index contributed by atoms with van der Waals surface area (Å²) in [5.74, 6) is -10.1. The van der Waals surface area contributed by atoms with Gasteiger partial charge in [-0.3, -0.25) is 77.3 Å². The lowest BCUT2D eigenvalue weighted by molar-refractivity contribution is -0.141.